The SMILES string of the molecule is COCCNC(=O)CCNC(=O)c1c(N)cccc1OC. The number of carbonyl (C=O) groups excluding carboxylic acids is 2. The number of nitrogens with one attached hydrogen (secondary N) is 2. The second-order valence-corrected chi connectivity index (χ2v) is 4.27. The Bertz CT molecular complexity index is 491. The molecule has 1 rings (SSSR count). The van der Waals surface area contributed by atoms with E-state index in [2.05, 4.69) is 10.6 Å². The smallest absolute Gasteiger partial charge is 0.257 e. The first-order valence-electron chi connectivity index (χ1n) is 6.56. The Morgan fingerprint density at radius 2 is 1.95 bits per heavy atom. The first-order chi connectivity index (χ1) is 10.1. The zero-order valence-corrected chi connectivity index (χ0v) is 12.3. The second-order valence-electron chi connectivity index (χ2n) is 4.27. The van der Waals surface area contributed by atoms with Gasteiger partial charge in [-0.3, -0.25) is 9.59 Å². The lowest BCUT2D eigenvalue weighted by Gasteiger charge is -2.11. The largest absolute Gasteiger partial charge is 0.496 e. The molecule has 2 amide bonds. The summed E-state index contributed by atoms with van der Waals surface area (Å²) in [7, 11) is 3.03. The molecule has 0 aliphatic rings. The Kier molecular flexibility index (Phi) is 7.03. The number of hydrogen-bond donors (Lipinski definition) is 3. The van der Waals surface area contributed by atoms with E-state index in [1.807, 2.05) is 0 Å². The second kappa shape index (κ2) is 8.80. The minimum Gasteiger partial charge on any atom is -0.496 e. The summed E-state index contributed by atoms with van der Waals surface area (Å²) >= 11 is 0. The third-order valence-corrected chi connectivity index (χ3v) is 2.77. The summed E-state index contributed by atoms with van der Waals surface area (Å²) in [5, 5.41) is 5.31. The molecule has 0 spiro atoms. The lowest BCUT2D eigenvalue weighted by Crippen LogP contribution is -2.32. The Balaban J connectivity index is 2.46. The summed E-state index contributed by atoms with van der Waals surface area (Å²) in [5.41, 5.74) is 6.38. The van der Waals surface area contributed by atoms with Gasteiger partial charge in [0.1, 0.15) is 11.3 Å². The summed E-state index contributed by atoms with van der Waals surface area (Å²) in [6, 6.07) is 4.98. The molecular weight excluding hydrogens is 274 g/mol. The van der Waals surface area contributed by atoms with Crippen molar-refractivity contribution in [3.05, 3.63) is 23.8 Å². The molecule has 7 heteroatoms. The molecule has 0 saturated carbocycles. The van der Waals surface area contributed by atoms with Crippen LogP contribution in [0.25, 0.3) is 0 Å². The van der Waals surface area contributed by atoms with Crippen LogP contribution in [-0.4, -0.2) is 45.7 Å². The summed E-state index contributed by atoms with van der Waals surface area (Å²) < 4.78 is 9.93. The summed E-state index contributed by atoms with van der Waals surface area (Å²) in [6.07, 6.45) is 0.185. The molecule has 116 valence electrons. The quantitative estimate of drug-likeness (QED) is 0.468. The highest BCUT2D eigenvalue weighted by Gasteiger charge is 2.15. The number of amides is 2. The normalized spacial score (nSPS) is 10.0. The fraction of sp³-hybridized carbons (Fsp3) is 0.429. The van der Waals surface area contributed by atoms with Gasteiger partial charge in [-0.1, -0.05) is 6.07 Å². The molecule has 0 atom stereocenters. The van der Waals surface area contributed by atoms with Crippen LogP contribution >= 0.6 is 0 Å². The van der Waals surface area contributed by atoms with Crippen LogP contribution in [0.2, 0.25) is 0 Å². The number of nitrogens with two attached hydrogens (primary N) is 1. The van der Waals surface area contributed by atoms with E-state index in [1.54, 1.807) is 25.3 Å². The van der Waals surface area contributed by atoms with Gasteiger partial charge in [0.15, 0.2) is 0 Å². The van der Waals surface area contributed by atoms with E-state index < -0.39 is 0 Å². The van der Waals surface area contributed by atoms with Crippen molar-refractivity contribution in [2.45, 2.75) is 6.42 Å². The number of rotatable bonds is 8. The first kappa shape index (κ1) is 16.8. The van der Waals surface area contributed by atoms with E-state index in [-0.39, 0.29) is 30.3 Å². The van der Waals surface area contributed by atoms with E-state index in [0.717, 1.165) is 0 Å². The first-order valence-corrected chi connectivity index (χ1v) is 6.56. The van der Waals surface area contributed by atoms with Gasteiger partial charge in [-0.05, 0) is 12.1 Å². The Hall–Kier alpha value is -2.28. The fourth-order valence-corrected chi connectivity index (χ4v) is 1.72. The molecular formula is C14H21N3O4. The van der Waals surface area contributed by atoms with E-state index >= 15 is 0 Å². The summed E-state index contributed by atoms with van der Waals surface area (Å²) in [5.74, 6) is -0.118. The fourth-order valence-electron chi connectivity index (χ4n) is 1.72. The highest BCUT2D eigenvalue weighted by molar-refractivity contribution is 6.02. The average molecular weight is 295 g/mol. The van der Waals surface area contributed by atoms with E-state index in [4.69, 9.17) is 15.2 Å². The number of methoxy groups -OCH3 is 2. The number of benzene rings is 1. The Morgan fingerprint density at radius 3 is 2.62 bits per heavy atom. The molecule has 0 radical (unpaired) electrons. The van der Waals surface area contributed by atoms with Gasteiger partial charge in [0.05, 0.1) is 13.7 Å². The monoisotopic (exact) mass is 295 g/mol. The van der Waals surface area contributed by atoms with Gasteiger partial charge in [-0.15, -0.1) is 0 Å². The van der Waals surface area contributed by atoms with Crippen molar-refractivity contribution in [2.75, 3.05) is 39.6 Å². The van der Waals surface area contributed by atoms with Gasteiger partial charge >= 0.3 is 0 Å². The maximum atomic E-state index is 12.1. The third kappa shape index (κ3) is 5.31. The van der Waals surface area contributed by atoms with Crippen molar-refractivity contribution in [2.24, 2.45) is 0 Å². The molecule has 0 aromatic heterocycles. The minimum atomic E-state index is -0.366. The predicted molar refractivity (Wildman–Crippen MR) is 79.2 cm³/mol. The van der Waals surface area contributed by atoms with Crippen LogP contribution < -0.4 is 21.1 Å². The number of carbonyl (C=O) groups is 2. The summed E-state index contributed by atoms with van der Waals surface area (Å²) in [4.78, 5) is 23.5. The van der Waals surface area contributed by atoms with Crippen molar-refractivity contribution < 1.29 is 19.1 Å². The molecule has 7 nitrogen and oxygen atoms in total. The molecule has 0 fully saturated rings. The maximum Gasteiger partial charge on any atom is 0.257 e. The van der Waals surface area contributed by atoms with Gasteiger partial charge in [-0.25, -0.2) is 0 Å². The van der Waals surface area contributed by atoms with Gasteiger partial charge in [-0.2, -0.15) is 0 Å². The predicted octanol–water partition coefficient (Wildman–Crippen LogP) is 0.160. The van der Waals surface area contributed by atoms with E-state index in [0.29, 0.717) is 24.6 Å². The van der Waals surface area contributed by atoms with Gasteiger partial charge < -0.3 is 25.8 Å². The molecule has 0 saturated heterocycles. The number of anilines is 1. The maximum absolute atomic E-state index is 12.1. The topological polar surface area (TPSA) is 103 Å². The molecule has 0 unspecified atom stereocenters. The van der Waals surface area contributed by atoms with Crippen LogP contribution in [0.3, 0.4) is 0 Å². The molecule has 1 aromatic rings. The molecule has 0 aliphatic heterocycles. The number of hydrogen-bond acceptors (Lipinski definition) is 5. The lowest BCUT2D eigenvalue weighted by atomic mass is 10.1. The molecule has 4 N–H and O–H groups in total. The van der Waals surface area contributed by atoms with Crippen LogP contribution in [0.5, 0.6) is 5.75 Å². The van der Waals surface area contributed by atoms with Crippen molar-refractivity contribution in [1.29, 1.82) is 0 Å². The average Bonchev–Trinajstić information content (AvgIpc) is 2.47. The lowest BCUT2D eigenvalue weighted by molar-refractivity contribution is -0.121. The zero-order chi connectivity index (χ0) is 15.7. The van der Waals surface area contributed by atoms with Crippen LogP contribution in [0.1, 0.15) is 16.8 Å². The third-order valence-electron chi connectivity index (χ3n) is 2.77. The number of ether oxygens (including phenoxy) is 2. The van der Waals surface area contributed by atoms with Crippen molar-refractivity contribution >= 4 is 17.5 Å². The molecule has 0 bridgehead atoms. The standard InChI is InChI=1S/C14H21N3O4/c1-20-9-8-16-12(18)6-7-17-14(19)13-10(15)4-3-5-11(13)21-2/h3-5H,6-9,15H2,1-2H3,(H,16,18)(H,17,19). The molecule has 1 aromatic carbocycles. The molecule has 0 heterocycles. The van der Waals surface area contributed by atoms with Gasteiger partial charge in [0.25, 0.3) is 5.91 Å². The van der Waals surface area contributed by atoms with Gasteiger partial charge in [0.2, 0.25) is 5.91 Å². The van der Waals surface area contributed by atoms with E-state index in [1.165, 1.54) is 7.11 Å². The zero-order valence-electron chi connectivity index (χ0n) is 12.3. The van der Waals surface area contributed by atoms with Crippen molar-refractivity contribution in [3.63, 3.8) is 0 Å². The Labute approximate surface area is 123 Å². The summed E-state index contributed by atoms with van der Waals surface area (Å²) in [6.45, 7) is 1.12. The van der Waals surface area contributed by atoms with Crippen molar-refractivity contribution in [1.82, 2.24) is 10.6 Å². The minimum absolute atomic E-state index is 0.152. The van der Waals surface area contributed by atoms with Crippen LogP contribution in [0.4, 0.5) is 5.69 Å². The highest BCUT2D eigenvalue weighted by atomic mass is 16.5. The van der Waals surface area contributed by atoms with Gasteiger partial charge in [0, 0.05) is 32.3 Å². The van der Waals surface area contributed by atoms with Crippen LogP contribution in [-0.2, 0) is 9.53 Å². The van der Waals surface area contributed by atoms with Crippen molar-refractivity contribution in [3.8, 4) is 5.75 Å². The van der Waals surface area contributed by atoms with Crippen LogP contribution in [0.15, 0.2) is 18.2 Å². The number of nitrogen functional groups attached to an aromatic ring is 1. The highest BCUT2D eigenvalue weighted by Crippen LogP contribution is 2.23. The van der Waals surface area contributed by atoms with Crippen LogP contribution in [0, 0.1) is 0 Å². The molecule has 0 aliphatic carbocycles. The Morgan fingerprint density at radius 1 is 1.19 bits per heavy atom. The molecule has 21 heavy (non-hydrogen) atoms. The van der Waals surface area contributed by atoms with E-state index in [9.17, 15) is 9.59 Å².